The number of fused-ring (bicyclic) bond motifs is 1. The van der Waals surface area contributed by atoms with E-state index in [9.17, 15) is 13.2 Å². The van der Waals surface area contributed by atoms with Gasteiger partial charge in [-0.25, -0.2) is 5.90 Å². The van der Waals surface area contributed by atoms with Gasteiger partial charge < -0.3 is 4.42 Å². The molecule has 2 rings (SSSR count). The Morgan fingerprint density at radius 3 is 2.69 bits per heavy atom. The summed E-state index contributed by atoms with van der Waals surface area (Å²) in [6.45, 7) is 0.00824. The maximum absolute atomic E-state index is 12.5. The van der Waals surface area contributed by atoms with Crippen molar-refractivity contribution in [2.24, 2.45) is 5.90 Å². The largest absolute Gasteiger partial charge is 0.464 e. The molecular weight excluding hydrogens is 223 g/mol. The van der Waals surface area contributed by atoms with Crippen molar-refractivity contribution >= 4 is 11.0 Å². The topological polar surface area (TPSA) is 48.4 Å². The van der Waals surface area contributed by atoms with Crippen LogP contribution in [0.3, 0.4) is 0 Å². The number of alkyl halides is 3. The molecule has 1 aromatic carbocycles. The molecule has 0 aliphatic heterocycles. The zero-order valence-electron chi connectivity index (χ0n) is 8.04. The fourth-order valence-electron chi connectivity index (χ4n) is 1.46. The van der Waals surface area contributed by atoms with Gasteiger partial charge in [0.15, 0.2) is 0 Å². The summed E-state index contributed by atoms with van der Waals surface area (Å²) in [6, 6.07) is 3.27. The fraction of sp³-hybridized carbons (Fsp3) is 0.200. The Bertz CT molecular complexity index is 504. The average Bonchev–Trinajstić information content (AvgIpc) is 2.60. The number of furan rings is 1. The van der Waals surface area contributed by atoms with Crippen LogP contribution in [0.4, 0.5) is 13.2 Å². The lowest BCUT2D eigenvalue weighted by molar-refractivity contribution is -0.137. The second kappa shape index (κ2) is 3.80. The van der Waals surface area contributed by atoms with E-state index >= 15 is 0 Å². The first-order chi connectivity index (χ1) is 7.52. The van der Waals surface area contributed by atoms with Gasteiger partial charge in [0.1, 0.15) is 5.58 Å². The van der Waals surface area contributed by atoms with E-state index in [1.54, 1.807) is 0 Å². The summed E-state index contributed by atoms with van der Waals surface area (Å²) in [7, 11) is 0. The van der Waals surface area contributed by atoms with Crippen molar-refractivity contribution in [3.63, 3.8) is 0 Å². The van der Waals surface area contributed by atoms with Crippen LogP contribution in [0.2, 0.25) is 0 Å². The molecule has 1 heterocycles. The van der Waals surface area contributed by atoms with E-state index in [4.69, 9.17) is 10.3 Å². The van der Waals surface area contributed by atoms with Crippen LogP contribution < -0.4 is 5.90 Å². The van der Waals surface area contributed by atoms with E-state index in [0.29, 0.717) is 16.5 Å². The Labute approximate surface area is 88.5 Å². The molecule has 0 atom stereocenters. The van der Waals surface area contributed by atoms with E-state index in [-0.39, 0.29) is 6.61 Å². The van der Waals surface area contributed by atoms with Crippen LogP contribution in [0.5, 0.6) is 0 Å². The van der Waals surface area contributed by atoms with Gasteiger partial charge in [-0.2, -0.15) is 13.2 Å². The van der Waals surface area contributed by atoms with Crippen molar-refractivity contribution in [2.45, 2.75) is 12.8 Å². The summed E-state index contributed by atoms with van der Waals surface area (Å²) < 4.78 is 42.4. The Morgan fingerprint density at radius 2 is 2.06 bits per heavy atom. The van der Waals surface area contributed by atoms with Gasteiger partial charge in [-0.3, -0.25) is 4.84 Å². The Kier molecular flexibility index (Phi) is 2.61. The first kappa shape index (κ1) is 11.0. The summed E-state index contributed by atoms with van der Waals surface area (Å²) in [5.41, 5.74) is 0.142. The molecule has 0 saturated carbocycles. The van der Waals surface area contributed by atoms with Crippen molar-refractivity contribution < 1.29 is 22.4 Å². The standard InChI is InChI=1S/C10H8F3NO2/c11-10(12,13)7-1-2-9-8(3-7)6(4-15-9)5-16-14/h1-4H,5,14H2. The Hall–Kier alpha value is -1.53. The first-order valence-corrected chi connectivity index (χ1v) is 4.41. The minimum Gasteiger partial charge on any atom is -0.464 e. The molecule has 1 aromatic heterocycles. The van der Waals surface area contributed by atoms with Crippen LogP contribution >= 0.6 is 0 Å². The van der Waals surface area contributed by atoms with Crippen molar-refractivity contribution in [1.82, 2.24) is 0 Å². The van der Waals surface area contributed by atoms with E-state index in [2.05, 4.69) is 4.84 Å². The summed E-state index contributed by atoms with van der Waals surface area (Å²) in [6.07, 6.45) is -3.04. The molecule has 0 fully saturated rings. The summed E-state index contributed by atoms with van der Waals surface area (Å²) >= 11 is 0. The van der Waals surface area contributed by atoms with Crippen LogP contribution in [-0.2, 0) is 17.6 Å². The van der Waals surface area contributed by atoms with Gasteiger partial charge in [-0.05, 0) is 18.2 Å². The zero-order valence-corrected chi connectivity index (χ0v) is 8.04. The Balaban J connectivity index is 2.54. The molecule has 0 radical (unpaired) electrons. The fourth-order valence-corrected chi connectivity index (χ4v) is 1.46. The van der Waals surface area contributed by atoms with Gasteiger partial charge in [-0.15, -0.1) is 0 Å². The Morgan fingerprint density at radius 1 is 1.31 bits per heavy atom. The molecule has 0 spiro atoms. The highest BCUT2D eigenvalue weighted by Crippen LogP contribution is 2.33. The van der Waals surface area contributed by atoms with Crippen molar-refractivity contribution in [3.8, 4) is 0 Å². The number of hydrogen-bond acceptors (Lipinski definition) is 3. The van der Waals surface area contributed by atoms with Crippen molar-refractivity contribution in [1.29, 1.82) is 0 Å². The van der Waals surface area contributed by atoms with Gasteiger partial charge in [0.25, 0.3) is 0 Å². The van der Waals surface area contributed by atoms with Crippen molar-refractivity contribution in [3.05, 3.63) is 35.6 Å². The van der Waals surface area contributed by atoms with Crippen molar-refractivity contribution in [2.75, 3.05) is 0 Å². The molecular formula is C10H8F3NO2. The number of halogens is 3. The third-order valence-electron chi connectivity index (χ3n) is 2.22. The molecule has 0 saturated heterocycles. The predicted molar refractivity (Wildman–Crippen MR) is 50.2 cm³/mol. The quantitative estimate of drug-likeness (QED) is 0.808. The molecule has 0 bridgehead atoms. The van der Waals surface area contributed by atoms with Gasteiger partial charge in [0, 0.05) is 10.9 Å². The summed E-state index contributed by atoms with van der Waals surface area (Å²) in [5.74, 6) is 4.87. The molecule has 0 aliphatic rings. The van der Waals surface area contributed by atoms with Crippen LogP contribution in [0.1, 0.15) is 11.1 Å². The van der Waals surface area contributed by atoms with Gasteiger partial charge in [-0.1, -0.05) is 0 Å². The highest BCUT2D eigenvalue weighted by atomic mass is 19.4. The predicted octanol–water partition coefficient (Wildman–Crippen LogP) is 2.84. The number of nitrogens with two attached hydrogens (primary N) is 1. The van der Waals surface area contributed by atoms with Gasteiger partial charge in [0.05, 0.1) is 18.4 Å². The van der Waals surface area contributed by atoms with E-state index in [1.807, 2.05) is 0 Å². The molecule has 2 N–H and O–H groups in total. The van der Waals surface area contributed by atoms with Gasteiger partial charge >= 0.3 is 6.18 Å². The maximum Gasteiger partial charge on any atom is 0.416 e. The maximum atomic E-state index is 12.5. The lowest BCUT2D eigenvalue weighted by Gasteiger charge is -2.06. The monoisotopic (exact) mass is 231 g/mol. The van der Waals surface area contributed by atoms with Gasteiger partial charge in [0.2, 0.25) is 0 Å². The molecule has 86 valence electrons. The molecule has 6 heteroatoms. The highest BCUT2D eigenvalue weighted by Gasteiger charge is 2.30. The first-order valence-electron chi connectivity index (χ1n) is 4.41. The average molecular weight is 231 g/mol. The number of rotatable bonds is 2. The molecule has 0 unspecified atom stereocenters. The lowest BCUT2D eigenvalue weighted by atomic mass is 10.1. The molecule has 16 heavy (non-hydrogen) atoms. The highest BCUT2D eigenvalue weighted by molar-refractivity contribution is 5.81. The molecule has 0 amide bonds. The third-order valence-corrected chi connectivity index (χ3v) is 2.22. The molecule has 3 nitrogen and oxygen atoms in total. The number of benzene rings is 1. The molecule has 0 aliphatic carbocycles. The van der Waals surface area contributed by atoms with E-state index in [0.717, 1.165) is 12.1 Å². The third kappa shape index (κ3) is 1.89. The normalized spacial score (nSPS) is 12.2. The second-order valence-electron chi connectivity index (χ2n) is 3.28. The smallest absolute Gasteiger partial charge is 0.416 e. The zero-order chi connectivity index (χ0) is 11.8. The summed E-state index contributed by atoms with van der Waals surface area (Å²) in [5, 5.41) is 0.361. The lowest BCUT2D eigenvalue weighted by Crippen LogP contribution is -2.04. The second-order valence-corrected chi connectivity index (χ2v) is 3.28. The summed E-state index contributed by atoms with van der Waals surface area (Å²) in [4.78, 5) is 4.38. The van der Waals surface area contributed by atoms with Crippen LogP contribution in [0.25, 0.3) is 11.0 Å². The van der Waals surface area contributed by atoms with Crippen LogP contribution in [-0.4, -0.2) is 0 Å². The minimum atomic E-state index is -4.37. The van der Waals surface area contributed by atoms with Crippen LogP contribution in [0, 0.1) is 0 Å². The SMILES string of the molecule is NOCc1coc2ccc(C(F)(F)F)cc12. The number of hydrogen-bond donors (Lipinski definition) is 1. The minimum absolute atomic E-state index is 0.00824. The molecule has 2 aromatic rings. The van der Waals surface area contributed by atoms with E-state index in [1.165, 1.54) is 12.3 Å². The van der Waals surface area contributed by atoms with Crippen LogP contribution in [0.15, 0.2) is 28.9 Å². The van der Waals surface area contributed by atoms with E-state index < -0.39 is 11.7 Å².